The first kappa shape index (κ1) is 11.4. The van der Waals surface area contributed by atoms with E-state index in [0.29, 0.717) is 6.04 Å². The molecule has 2 nitrogen and oxygen atoms in total. The molecule has 0 aromatic heterocycles. The highest BCUT2D eigenvalue weighted by atomic mass is 15.2. The van der Waals surface area contributed by atoms with E-state index < -0.39 is 0 Å². The van der Waals surface area contributed by atoms with Crippen molar-refractivity contribution in [1.29, 1.82) is 0 Å². The van der Waals surface area contributed by atoms with Gasteiger partial charge in [0, 0.05) is 25.2 Å². The normalized spacial score (nSPS) is 34.8. The lowest BCUT2D eigenvalue weighted by molar-refractivity contribution is 0.137. The van der Waals surface area contributed by atoms with Crippen molar-refractivity contribution < 1.29 is 0 Å². The van der Waals surface area contributed by atoms with E-state index in [-0.39, 0.29) is 0 Å². The summed E-state index contributed by atoms with van der Waals surface area (Å²) in [5, 5.41) is 3.55. The zero-order chi connectivity index (χ0) is 10.7. The van der Waals surface area contributed by atoms with E-state index in [1.54, 1.807) is 0 Å². The van der Waals surface area contributed by atoms with Gasteiger partial charge in [-0.3, -0.25) is 4.90 Å². The minimum Gasteiger partial charge on any atom is -0.311 e. The monoisotopic (exact) mass is 210 g/mol. The van der Waals surface area contributed by atoms with Crippen LogP contribution in [0.4, 0.5) is 0 Å². The number of hydrogen-bond acceptors (Lipinski definition) is 2. The Hall–Kier alpha value is -0.0800. The van der Waals surface area contributed by atoms with Gasteiger partial charge in [0.15, 0.2) is 0 Å². The van der Waals surface area contributed by atoms with E-state index in [1.807, 2.05) is 0 Å². The van der Waals surface area contributed by atoms with Gasteiger partial charge < -0.3 is 5.32 Å². The molecule has 1 aliphatic heterocycles. The molecule has 2 unspecified atom stereocenters. The zero-order valence-electron chi connectivity index (χ0n) is 10.3. The SMILES string of the molecule is CC1CN(CCC2CCCC2)C(C)CN1. The van der Waals surface area contributed by atoms with Crippen LogP contribution < -0.4 is 5.32 Å². The lowest BCUT2D eigenvalue weighted by Crippen LogP contribution is -2.54. The standard InChI is InChI=1S/C13H26N2/c1-11-10-15(12(2)9-14-11)8-7-13-5-3-4-6-13/h11-14H,3-10H2,1-2H3. The van der Waals surface area contributed by atoms with Crippen LogP contribution in [0.3, 0.4) is 0 Å². The number of hydrogen-bond donors (Lipinski definition) is 1. The average Bonchev–Trinajstić information content (AvgIpc) is 2.72. The van der Waals surface area contributed by atoms with Gasteiger partial charge in [0.1, 0.15) is 0 Å². The first-order chi connectivity index (χ1) is 7.25. The molecule has 2 rings (SSSR count). The molecule has 0 amide bonds. The molecule has 1 saturated heterocycles. The molecule has 2 heteroatoms. The van der Waals surface area contributed by atoms with Gasteiger partial charge >= 0.3 is 0 Å². The summed E-state index contributed by atoms with van der Waals surface area (Å²) in [6, 6.07) is 1.42. The van der Waals surface area contributed by atoms with Crippen LogP contribution >= 0.6 is 0 Å². The Labute approximate surface area is 94.4 Å². The molecule has 0 aromatic rings. The Balaban J connectivity index is 1.72. The summed E-state index contributed by atoms with van der Waals surface area (Å²) in [7, 11) is 0. The maximum atomic E-state index is 3.55. The van der Waals surface area contributed by atoms with Gasteiger partial charge in [-0.15, -0.1) is 0 Å². The van der Waals surface area contributed by atoms with Gasteiger partial charge in [-0.2, -0.15) is 0 Å². The molecule has 2 atom stereocenters. The molecular weight excluding hydrogens is 184 g/mol. The van der Waals surface area contributed by atoms with Crippen molar-refractivity contribution in [3.63, 3.8) is 0 Å². The highest BCUT2D eigenvalue weighted by Gasteiger charge is 2.23. The van der Waals surface area contributed by atoms with E-state index in [1.165, 1.54) is 51.7 Å². The van der Waals surface area contributed by atoms with Crippen molar-refractivity contribution in [2.45, 2.75) is 58.0 Å². The smallest absolute Gasteiger partial charge is 0.0193 e. The lowest BCUT2D eigenvalue weighted by atomic mass is 10.0. The molecule has 2 fully saturated rings. The molecule has 0 bridgehead atoms. The quantitative estimate of drug-likeness (QED) is 0.768. The van der Waals surface area contributed by atoms with Gasteiger partial charge in [-0.25, -0.2) is 0 Å². The van der Waals surface area contributed by atoms with Crippen LogP contribution in [0.25, 0.3) is 0 Å². The molecule has 15 heavy (non-hydrogen) atoms. The number of rotatable bonds is 3. The molecule has 1 aliphatic carbocycles. The third-order valence-corrected chi connectivity index (χ3v) is 4.19. The molecule has 1 heterocycles. The van der Waals surface area contributed by atoms with Crippen molar-refractivity contribution in [2.75, 3.05) is 19.6 Å². The summed E-state index contributed by atoms with van der Waals surface area (Å²) in [5.41, 5.74) is 0. The van der Waals surface area contributed by atoms with Gasteiger partial charge in [-0.1, -0.05) is 25.7 Å². The topological polar surface area (TPSA) is 15.3 Å². The van der Waals surface area contributed by atoms with Crippen LogP contribution in [0, 0.1) is 5.92 Å². The molecule has 88 valence electrons. The van der Waals surface area contributed by atoms with Gasteiger partial charge in [0.05, 0.1) is 0 Å². The second-order valence-electron chi connectivity index (χ2n) is 5.59. The maximum Gasteiger partial charge on any atom is 0.0193 e. The van der Waals surface area contributed by atoms with Crippen LogP contribution in [0.2, 0.25) is 0 Å². The van der Waals surface area contributed by atoms with Crippen molar-refractivity contribution >= 4 is 0 Å². The fourth-order valence-electron chi connectivity index (χ4n) is 3.06. The number of nitrogens with zero attached hydrogens (tertiary/aromatic N) is 1. The summed E-state index contributed by atoms with van der Waals surface area (Å²) >= 11 is 0. The Morgan fingerprint density at radius 2 is 1.93 bits per heavy atom. The van der Waals surface area contributed by atoms with Gasteiger partial charge in [0.25, 0.3) is 0 Å². The highest BCUT2D eigenvalue weighted by molar-refractivity contribution is 4.82. The van der Waals surface area contributed by atoms with Crippen molar-refractivity contribution in [2.24, 2.45) is 5.92 Å². The van der Waals surface area contributed by atoms with Crippen molar-refractivity contribution in [3.05, 3.63) is 0 Å². The molecule has 0 spiro atoms. The Kier molecular flexibility index (Phi) is 4.04. The van der Waals surface area contributed by atoms with E-state index in [9.17, 15) is 0 Å². The minimum absolute atomic E-state index is 0.685. The molecule has 1 N–H and O–H groups in total. The van der Waals surface area contributed by atoms with Crippen molar-refractivity contribution in [1.82, 2.24) is 10.2 Å². The molecule has 1 saturated carbocycles. The summed E-state index contributed by atoms with van der Waals surface area (Å²) in [5.74, 6) is 1.04. The summed E-state index contributed by atoms with van der Waals surface area (Å²) < 4.78 is 0. The Morgan fingerprint density at radius 3 is 2.67 bits per heavy atom. The fourth-order valence-corrected chi connectivity index (χ4v) is 3.06. The number of piperazine rings is 1. The predicted octanol–water partition coefficient (Wildman–Crippen LogP) is 2.25. The van der Waals surface area contributed by atoms with Gasteiger partial charge in [0.2, 0.25) is 0 Å². The van der Waals surface area contributed by atoms with Crippen LogP contribution in [0.15, 0.2) is 0 Å². The molecule has 0 radical (unpaired) electrons. The van der Waals surface area contributed by atoms with Crippen LogP contribution in [0.1, 0.15) is 46.0 Å². The average molecular weight is 210 g/mol. The number of nitrogens with one attached hydrogen (secondary N) is 1. The first-order valence-corrected chi connectivity index (χ1v) is 6.73. The highest BCUT2D eigenvalue weighted by Crippen LogP contribution is 2.27. The summed E-state index contributed by atoms with van der Waals surface area (Å²) in [6.45, 7) is 8.40. The fraction of sp³-hybridized carbons (Fsp3) is 1.00. The summed E-state index contributed by atoms with van der Waals surface area (Å²) in [6.07, 6.45) is 7.40. The second kappa shape index (κ2) is 5.31. The summed E-state index contributed by atoms with van der Waals surface area (Å²) in [4.78, 5) is 2.68. The molecule has 0 aromatic carbocycles. The van der Waals surface area contributed by atoms with E-state index in [0.717, 1.165) is 12.0 Å². The molecule has 2 aliphatic rings. The lowest BCUT2D eigenvalue weighted by Gasteiger charge is -2.38. The van der Waals surface area contributed by atoms with Crippen LogP contribution in [-0.2, 0) is 0 Å². The zero-order valence-corrected chi connectivity index (χ0v) is 10.3. The first-order valence-electron chi connectivity index (χ1n) is 6.73. The molecular formula is C13H26N2. The van der Waals surface area contributed by atoms with Gasteiger partial charge in [-0.05, 0) is 32.7 Å². The maximum absolute atomic E-state index is 3.55. The Bertz CT molecular complexity index is 187. The van der Waals surface area contributed by atoms with E-state index in [4.69, 9.17) is 0 Å². The minimum atomic E-state index is 0.685. The Morgan fingerprint density at radius 1 is 1.20 bits per heavy atom. The predicted molar refractivity (Wildman–Crippen MR) is 65.1 cm³/mol. The third kappa shape index (κ3) is 3.18. The van der Waals surface area contributed by atoms with E-state index in [2.05, 4.69) is 24.1 Å². The second-order valence-corrected chi connectivity index (χ2v) is 5.59. The third-order valence-electron chi connectivity index (χ3n) is 4.19. The van der Waals surface area contributed by atoms with E-state index >= 15 is 0 Å². The largest absolute Gasteiger partial charge is 0.311 e. The van der Waals surface area contributed by atoms with Crippen LogP contribution in [0.5, 0.6) is 0 Å². The van der Waals surface area contributed by atoms with Crippen LogP contribution in [-0.4, -0.2) is 36.6 Å². The van der Waals surface area contributed by atoms with Crippen molar-refractivity contribution in [3.8, 4) is 0 Å².